The summed E-state index contributed by atoms with van der Waals surface area (Å²) in [6.07, 6.45) is 1.84. The van der Waals surface area contributed by atoms with Crippen LogP contribution in [0.4, 0.5) is 0 Å². The molecule has 2 heteroatoms. The number of nitrogens with one attached hydrogen (secondary N) is 1. The van der Waals surface area contributed by atoms with E-state index in [0.717, 1.165) is 11.3 Å². The molecule has 0 aliphatic rings. The van der Waals surface area contributed by atoms with Gasteiger partial charge in [0.1, 0.15) is 0 Å². The van der Waals surface area contributed by atoms with E-state index in [2.05, 4.69) is 4.98 Å². The summed E-state index contributed by atoms with van der Waals surface area (Å²) < 4.78 is 0. The molecule has 0 saturated carbocycles. The molecule has 0 aromatic carbocycles. The molecule has 0 fully saturated rings. The van der Waals surface area contributed by atoms with Gasteiger partial charge in [-0.05, 0) is 18.6 Å². The smallest absolute Gasteiger partial charge is 0.181 e. The third kappa shape index (κ3) is 1.70. The molecule has 0 radical (unpaired) electrons. The van der Waals surface area contributed by atoms with Crippen LogP contribution in [0.5, 0.6) is 0 Å². The van der Waals surface area contributed by atoms with Gasteiger partial charge in [0, 0.05) is 12.1 Å². The highest BCUT2D eigenvalue weighted by Gasteiger charge is 2.10. The van der Waals surface area contributed by atoms with Crippen molar-refractivity contribution in [1.29, 1.82) is 0 Å². The first-order valence-corrected chi connectivity index (χ1v) is 3.80. The van der Waals surface area contributed by atoms with Crippen LogP contribution in [-0.2, 0) is 0 Å². The average molecular weight is 151 g/mol. The van der Waals surface area contributed by atoms with Gasteiger partial charge in [-0.25, -0.2) is 0 Å². The number of rotatable bonds is 2. The van der Waals surface area contributed by atoms with Crippen molar-refractivity contribution in [2.45, 2.75) is 20.8 Å². The first kappa shape index (κ1) is 8.05. The Hall–Kier alpha value is -1.05. The maximum absolute atomic E-state index is 11.3. The van der Waals surface area contributed by atoms with Gasteiger partial charge in [0.15, 0.2) is 5.78 Å². The predicted octanol–water partition coefficient (Wildman–Crippen LogP) is 2.16. The SMILES string of the molecule is Cc1c[nH]c(C(=O)C(C)C)c1. The number of aromatic nitrogens is 1. The van der Waals surface area contributed by atoms with Gasteiger partial charge in [-0.2, -0.15) is 0 Å². The number of hydrogen-bond donors (Lipinski definition) is 1. The molecule has 60 valence electrons. The Balaban J connectivity index is 2.85. The van der Waals surface area contributed by atoms with Crippen LogP contribution in [0.25, 0.3) is 0 Å². The Kier molecular flexibility index (Phi) is 2.13. The van der Waals surface area contributed by atoms with Crippen molar-refractivity contribution < 1.29 is 4.79 Å². The second-order valence-electron chi connectivity index (χ2n) is 3.11. The minimum Gasteiger partial charge on any atom is -0.359 e. The monoisotopic (exact) mass is 151 g/mol. The van der Waals surface area contributed by atoms with Crippen molar-refractivity contribution in [2.24, 2.45) is 5.92 Å². The molecule has 0 spiro atoms. The van der Waals surface area contributed by atoms with Crippen LogP contribution in [0, 0.1) is 12.8 Å². The van der Waals surface area contributed by atoms with Gasteiger partial charge in [0.05, 0.1) is 5.69 Å². The van der Waals surface area contributed by atoms with E-state index in [1.54, 1.807) is 0 Å². The first-order chi connectivity index (χ1) is 5.11. The molecule has 1 rings (SSSR count). The Morgan fingerprint density at radius 2 is 2.18 bits per heavy atom. The van der Waals surface area contributed by atoms with Crippen molar-refractivity contribution in [1.82, 2.24) is 4.98 Å². The zero-order valence-corrected chi connectivity index (χ0v) is 7.14. The van der Waals surface area contributed by atoms with Crippen LogP contribution in [0.15, 0.2) is 12.3 Å². The molecule has 0 aliphatic carbocycles. The summed E-state index contributed by atoms with van der Waals surface area (Å²) in [7, 11) is 0. The largest absolute Gasteiger partial charge is 0.359 e. The molecule has 2 nitrogen and oxygen atoms in total. The lowest BCUT2D eigenvalue weighted by atomic mass is 10.1. The molecule has 1 aromatic heterocycles. The molecule has 0 amide bonds. The quantitative estimate of drug-likeness (QED) is 0.645. The summed E-state index contributed by atoms with van der Waals surface area (Å²) >= 11 is 0. The number of Topliss-reactive ketones (excluding diaryl/α,β-unsaturated/α-hetero) is 1. The number of H-pyrrole nitrogens is 1. The minimum atomic E-state index is 0.0769. The van der Waals surface area contributed by atoms with Crippen LogP contribution in [0.3, 0.4) is 0 Å². The van der Waals surface area contributed by atoms with Crippen LogP contribution in [0.1, 0.15) is 29.9 Å². The summed E-state index contributed by atoms with van der Waals surface area (Å²) in [5.74, 6) is 0.256. The first-order valence-electron chi connectivity index (χ1n) is 3.80. The highest BCUT2D eigenvalue weighted by atomic mass is 16.1. The van der Waals surface area contributed by atoms with Gasteiger partial charge in [-0.3, -0.25) is 4.79 Å². The maximum atomic E-state index is 11.3. The Morgan fingerprint density at radius 1 is 1.55 bits per heavy atom. The van der Waals surface area contributed by atoms with E-state index in [9.17, 15) is 4.79 Å². The van der Waals surface area contributed by atoms with Crippen molar-refractivity contribution >= 4 is 5.78 Å². The van der Waals surface area contributed by atoms with Gasteiger partial charge in [0.2, 0.25) is 0 Å². The molecule has 0 unspecified atom stereocenters. The topological polar surface area (TPSA) is 32.9 Å². The molecule has 0 atom stereocenters. The van der Waals surface area contributed by atoms with Gasteiger partial charge >= 0.3 is 0 Å². The van der Waals surface area contributed by atoms with Crippen molar-refractivity contribution in [2.75, 3.05) is 0 Å². The molecular formula is C9H13NO. The molecule has 0 aliphatic heterocycles. The zero-order chi connectivity index (χ0) is 8.43. The van der Waals surface area contributed by atoms with Gasteiger partial charge in [-0.15, -0.1) is 0 Å². The molecular weight excluding hydrogens is 138 g/mol. The number of aryl methyl sites for hydroxylation is 1. The summed E-state index contributed by atoms with van der Waals surface area (Å²) in [5, 5.41) is 0. The third-order valence-electron chi connectivity index (χ3n) is 1.62. The summed E-state index contributed by atoms with van der Waals surface area (Å²) in [6.45, 7) is 5.77. The van der Waals surface area contributed by atoms with Crippen LogP contribution in [-0.4, -0.2) is 10.8 Å². The summed E-state index contributed by atoms with van der Waals surface area (Å²) in [5.41, 5.74) is 1.83. The standard InChI is InChI=1S/C9H13NO/c1-6(2)9(11)8-4-7(3)5-10-8/h4-6,10H,1-3H3. The lowest BCUT2D eigenvalue weighted by molar-refractivity contribution is 0.0935. The minimum absolute atomic E-state index is 0.0769. The van der Waals surface area contributed by atoms with Crippen molar-refractivity contribution in [3.63, 3.8) is 0 Å². The second-order valence-corrected chi connectivity index (χ2v) is 3.11. The molecule has 1 aromatic rings. The summed E-state index contributed by atoms with van der Waals surface area (Å²) in [6, 6.07) is 1.88. The molecule has 1 N–H and O–H groups in total. The van der Waals surface area contributed by atoms with E-state index in [1.165, 1.54) is 0 Å². The normalized spacial score (nSPS) is 10.5. The van der Waals surface area contributed by atoms with E-state index < -0.39 is 0 Å². The molecule has 1 heterocycles. The Bertz CT molecular complexity index is 260. The highest BCUT2D eigenvalue weighted by molar-refractivity contribution is 5.95. The van der Waals surface area contributed by atoms with Crippen LogP contribution in [0.2, 0.25) is 0 Å². The average Bonchev–Trinajstić information content (AvgIpc) is 2.34. The van der Waals surface area contributed by atoms with Gasteiger partial charge in [-0.1, -0.05) is 13.8 Å². The van der Waals surface area contributed by atoms with E-state index >= 15 is 0 Å². The molecule has 0 bridgehead atoms. The van der Waals surface area contributed by atoms with Crippen LogP contribution >= 0.6 is 0 Å². The van der Waals surface area contributed by atoms with E-state index in [0.29, 0.717) is 0 Å². The van der Waals surface area contributed by atoms with E-state index in [4.69, 9.17) is 0 Å². The van der Waals surface area contributed by atoms with E-state index in [1.807, 2.05) is 33.0 Å². The van der Waals surface area contributed by atoms with Crippen LogP contribution < -0.4 is 0 Å². The fourth-order valence-corrected chi connectivity index (χ4v) is 0.956. The van der Waals surface area contributed by atoms with Gasteiger partial charge < -0.3 is 4.98 Å². The number of aromatic amines is 1. The molecule has 0 saturated heterocycles. The second kappa shape index (κ2) is 2.91. The fourth-order valence-electron chi connectivity index (χ4n) is 0.956. The predicted molar refractivity (Wildman–Crippen MR) is 44.7 cm³/mol. The lowest BCUT2D eigenvalue weighted by Gasteiger charge is -1.99. The Morgan fingerprint density at radius 3 is 2.55 bits per heavy atom. The Labute approximate surface area is 66.6 Å². The van der Waals surface area contributed by atoms with Crippen molar-refractivity contribution in [3.8, 4) is 0 Å². The number of carbonyl (C=O) groups excluding carboxylic acids is 1. The fraction of sp³-hybridized carbons (Fsp3) is 0.444. The number of ketones is 1. The van der Waals surface area contributed by atoms with E-state index in [-0.39, 0.29) is 11.7 Å². The zero-order valence-electron chi connectivity index (χ0n) is 7.14. The maximum Gasteiger partial charge on any atom is 0.181 e. The summed E-state index contributed by atoms with van der Waals surface area (Å²) in [4.78, 5) is 14.3. The third-order valence-corrected chi connectivity index (χ3v) is 1.62. The molecule has 11 heavy (non-hydrogen) atoms. The highest BCUT2D eigenvalue weighted by Crippen LogP contribution is 2.07. The lowest BCUT2D eigenvalue weighted by Crippen LogP contribution is -2.07. The number of hydrogen-bond acceptors (Lipinski definition) is 1. The van der Waals surface area contributed by atoms with Gasteiger partial charge in [0.25, 0.3) is 0 Å². The number of carbonyl (C=O) groups is 1. The van der Waals surface area contributed by atoms with Crippen molar-refractivity contribution in [3.05, 3.63) is 23.5 Å².